The van der Waals surface area contributed by atoms with Crippen molar-refractivity contribution in [3.63, 3.8) is 0 Å². The van der Waals surface area contributed by atoms with Gasteiger partial charge >= 0.3 is 6.09 Å². The normalized spacial score (nSPS) is 21.1. The molecule has 0 spiro atoms. The highest BCUT2D eigenvalue weighted by atomic mass is 28.4. The molecule has 0 radical (unpaired) electrons. The molecule has 0 bridgehead atoms. The second-order valence-corrected chi connectivity index (χ2v) is 17.6. The molecule has 1 saturated heterocycles. The van der Waals surface area contributed by atoms with Gasteiger partial charge < -0.3 is 9.16 Å². The highest BCUT2D eigenvalue weighted by Gasteiger charge is 2.60. The van der Waals surface area contributed by atoms with Gasteiger partial charge in [0.2, 0.25) is 0 Å². The van der Waals surface area contributed by atoms with Crippen LogP contribution in [0.2, 0.25) is 5.04 Å². The van der Waals surface area contributed by atoms with Gasteiger partial charge in [0.25, 0.3) is 20.1 Å². The molecule has 42 heavy (non-hydrogen) atoms. The number of imide groups is 1. The Kier molecular flexibility index (Phi) is 7.44. The largest absolute Gasteiger partial charge is 0.444 e. The summed E-state index contributed by atoms with van der Waals surface area (Å²) in [5.41, 5.74) is -1.17. The molecule has 7 nitrogen and oxygen atoms in total. The molecule has 3 amide bonds. The summed E-state index contributed by atoms with van der Waals surface area (Å²) >= 11 is 0. The Morgan fingerprint density at radius 1 is 0.786 bits per heavy atom. The van der Waals surface area contributed by atoms with Crippen LogP contribution in [0, 0.1) is 0 Å². The van der Waals surface area contributed by atoms with Crippen LogP contribution >= 0.6 is 0 Å². The lowest BCUT2D eigenvalue weighted by molar-refractivity contribution is -0.0603. The van der Waals surface area contributed by atoms with Crippen molar-refractivity contribution in [2.75, 3.05) is 6.54 Å². The summed E-state index contributed by atoms with van der Waals surface area (Å²) in [6.45, 7) is 14.0. The fourth-order valence-electron chi connectivity index (χ4n) is 6.39. The average molecular weight is 585 g/mol. The molecule has 2 aliphatic rings. The average Bonchev–Trinajstić information content (AvgIpc) is 3.40. The van der Waals surface area contributed by atoms with E-state index in [-0.39, 0.29) is 29.8 Å². The molecule has 1 unspecified atom stereocenters. The van der Waals surface area contributed by atoms with Gasteiger partial charge in [-0.15, -0.1) is 0 Å². The topological polar surface area (TPSA) is 76.2 Å². The first-order valence-electron chi connectivity index (χ1n) is 14.5. The van der Waals surface area contributed by atoms with E-state index in [1.807, 2.05) is 64.1 Å². The Bertz CT molecular complexity index is 1420. The zero-order chi connectivity index (χ0) is 30.5. The predicted octanol–water partition coefficient (Wildman–Crippen LogP) is 5.58. The van der Waals surface area contributed by atoms with E-state index in [4.69, 9.17) is 9.16 Å². The standard InChI is InChI=1S/C34H40N2O5Si/c1-32(2,3)40-31(39)35-23-24(36-29(37)27-20-14-15-21-28(27)30(36)38)22-34(35,7)41-42(33(4,5)6,25-16-10-8-11-17-25)26-18-12-9-13-19-26/h8-21,24H,22-23H2,1-7H3/t24?,34-/m0/s1. The van der Waals surface area contributed by atoms with Crippen molar-refractivity contribution in [2.24, 2.45) is 0 Å². The molecule has 2 aliphatic heterocycles. The number of rotatable bonds is 5. The Balaban J connectivity index is 1.64. The van der Waals surface area contributed by atoms with E-state index in [1.165, 1.54) is 4.90 Å². The molecular weight excluding hydrogens is 544 g/mol. The maximum absolute atomic E-state index is 13.9. The third kappa shape index (κ3) is 5.07. The van der Waals surface area contributed by atoms with E-state index in [2.05, 4.69) is 45.0 Å². The summed E-state index contributed by atoms with van der Waals surface area (Å²) in [4.78, 5) is 43.8. The fraction of sp³-hybridized carbons (Fsp3) is 0.382. The number of hydrogen-bond donors (Lipinski definition) is 0. The van der Waals surface area contributed by atoms with Crippen LogP contribution in [0.1, 0.15) is 75.6 Å². The van der Waals surface area contributed by atoms with Gasteiger partial charge in [-0.05, 0) is 55.2 Å². The number of ether oxygens (including phenoxy) is 1. The molecular formula is C34H40N2O5Si. The van der Waals surface area contributed by atoms with E-state index in [9.17, 15) is 14.4 Å². The van der Waals surface area contributed by atoms with E-state index in [0.29, 0.717) is 11.1 Å². The summed E-state index contributed by atoms with van der Waals surface area (Å²) in [5, 5.41) is 1.78. The van der Waals surface area contributed by atoms with E-state index >= 15 is 0 Å². The SMILES string of the molecule is CC(C)(C)OC(=O)N1CC(N2C(=O)c3ccccc3C2=O)C[C@]1(C)O[Si](c1ccccc1)(c1ccccc1)C(C)(C)C. The molecule has 2 heterocycles. The molecule has 3 aromatic carbocycles. The number of carbonyl (C=O) groups excluding carboxylic acids is 3. The minimum absolute atomic E-state index is 0.106. The number of nitrogens with zero attached hydrogens (tertiary/aromatic N) is 2. The second-order valence-electron chi connectivity index (χ2n) is 13.4. The third-order valence-corrected chi connectivity index (χ3v) is 13.3. The Hall–Kier alpha value is -3.75. The highest BCUT2D eigenvalue weighted by Crippen LogP contribution is 2.44. The zero-order valence-electron chi connectivity index (χ0n) is 25.5. The summed E-state index contributed by atoms with van der Waals surface area (Å²) in [7, 11) is -3.14. The van der Waals surface area contributed by atoms with Crippen LogP contribution in [-0.2, 0) is 9.16 Å². The van der Waals surface area contributed by atoms with Crippen molar-refractivity contribution in [2.45, 2.75) is 77.3 Å². The van der Waals surface area contributed by atoms with Crippen LogP contribution in [0.15, 0.2) is 84.9 Å². The highest BCUT2D eigenvalue weighted by molar-refractivity contribution is 6.99. The van der Waals surface area contributed by atoms with Crippen LogP contribution in [-0.4, -0.2) is 59.9 Å². The van der Waals surface area contributed by atoms with Crippen molar-refractivity contribution < 1.29 is 23.5 Å². The smallest absolute Gasteiger partial charge is 0.412 e. The van der Waals surface area contributed by atoms with Crippen molar-refractivity contribution in [1.82, 2.24) is 9.80 Å². The number of likely N-dealkylation sites (tertiary alicyclic amines) is 1. The lowest BCUT2D eigenvalue weighted by Gasteiger charge is -2.49. The lowest BCUT2D eigenvalue weighted by Crippen LogP contribution is -2.71. The molecule has 220 valence electrons. The third-order valence-electron chi connectivity index (χ3n) is 8.17. The van der Waals surface area contributed by atoms with Gasteiger partial charge in [0.15, 0.2) is 0 Å². The number of fused-ring (bicyclic) bond motifs is 1. The van der Waals surface area contributed by atoms with Crippen LogP contribution in [0.4, 0.5) is 4.79 Å². The molecule has 0 N–H and O–H groups in total. The first kappa shape index (κ1) is 29.7. The monoisotopic (exact) mass is 584 g/mol. The number of carbonyl (C=O) groups is 3. The molecule has 2 atom stereocenters. The number of benzene rings is 3. The van der Waals surface area contributed by atoms with Crippen LogP contribution in [0.25, 0.3) is 0 Å². The number of amides is 3. The van der Waals surface area contributed by atoms with Crippen LogP contribution in [0.3, 0.4) is 0 Å². The van der Waals surface area contributed by atoms with Crippen molar-refractivity contribution in [3.05, 3.63) is 96.1 Å². The number of hydrogen-bond acceptors (Lipinski definition) is 5. The Labute approximate surface area is 249 Å². The first-order chi connectivity index (χ1) is 19.7. The lowest BCUT2D eigenvalue weighted by atomic mass is 10.1. The molecule has 0 saturated carbocycles. The van der Waals surface area contributed by atoms with E-state index in [0.717, 1.165) is 10.4 Å². The first-order valence-corrected chi connectivity index (χ1v) is 16.4. The predicted molar refractivity (Wildman–Crippen MR) is 165 cm³/mol. The Morgan fingerprint density at radius 2 is 1.24 bits per heavy atom. The van der Waals surface area contributed by atoms with Gasteiger partial charge in [0, 0.05) is 13.0 Å². The second kappa shape index (κ2) is 10.5. The zero-order valence-corrected chi connectivity index (χ0v) is 26.5. The minimum atomic E-state index is -3.14. The molecule has 1 fully saturated rings. The van der Waals surface area contributed by atoms with Crippen molar-refractivity contribution in [1.29, 1.82) is 0 Å². The summed E-state index contributed by atoms with van der Waals surface area (Å²) in [6.07, 6.45) is -0.288. The summed E-state index contributed by atoms with van der Waals surface area (Å²) in [5.74, 6) is -0.695. The maximum Gasteiger partial charge on any atom is 0.412 e. The van der Waals surface area contributed by atoms with Gasteiger partial charge in [-0.1, -0.05) is 93.6 Å². The molecule has 0 aromatic heterocycles. The van der Waals surface area contributed by atoms with Gasteiger partial charge in [-0.2, -0.15) is 0 Å². The van der Waals surface area contributed by atoms with Gasteiger partial charge in [-0.25, -0.2) is 4.79 Å². The van der Waals surface area contributed by atoms with Gasteiger partial charge in [0.1, 0.15) is 11.3 Å². The summed E-state index contributed by atoms with van der Waals surface area (Å²) < 4.78 is 13.4. The fourth-order valence-corrected chi connectivity index (χ4v) is 11.2. The van der Waals surface area contributed by atoms with Crippen molar-refractivity contribution >= 4 is 36.6 Å². The minimum Gasteiger partial charge on any atom is -0.444 e. The van der Waals surface area contributed by atoms with Crippen molar-refractivity contribution in [3.8, 4) is 0 Å². The van der Waals surface area contributed by atoms with E-state index in [1.54, 1.807) is 29.2 Å². The van der Waals surface area contributed by atoms with Crippen LogP contribution < -0.4 is 10.4 Å². The van der Waals surface area contributed by atoms with Gasteiger partial charge in [0.05, 0.1) is 17.2 Å². The van der Waals surface area contributed by atoms with Gasteiger partial charge in [-0.3, -0.25) is 19.4 Å². The molecule has 0 aliphatic carbocycles. The summed E-state index contributed by atoms with van der Waals surface area (Å²) in [6, 6.07) is 26.7. The Morgan fingerprint density at radius 3 is 1.67 bits per heavy atom. The molecule has 8 heteroatoms. The van der Waals surface area contributed by atoms with E-state index < -0.39 is 31.8 Å². The molecule has 5 rings (SSSR count). The maximum atomic E-state index is 13.9. The van der Waals surface area contributed by atoms with Crippen LogP contribution in [0.5, 0.6) is 0 Å². The molecule has 3 aromatic rings. The quantitative estimate of drug-likeness (QED) is 0.289.